The fraction of sp³-hybridized carbons (Fsp3) is 0.400. The van der Waals surface area contributed by atoms with Crippen molar-refractivity contribution in [2.45, 2.75) is 10.9 Å². The summed E-state index contributed by atoms with van der Waals surface area (Å²) in [5.74, 6) is -0.554. The van der Waals surface area contributed by atoms with Crippen molar-refractivity contribution >= 4 is 34.0 Å². The van der Waals surface area contributed by atoms with Crippen LogP contribution in [-0.2, 0) is 10.0 Å². The topological polar surface area (TPSA) is 49.4 Å². The van der Waals surface area contributed by atoms with E-state index in [1.807, 2.05) is 0 Å². The number of hydrogen-bond donors (Lipinski definition) is 1. The zero-order chi connectivity index (χ0) is 12.6. The Labute approximate surface area is 117 Å². The van der Waals surface area contributed by atoms with Gasteiger partial charge in [0.25, 0.3) is 0 Å². The van der Waals surface area contributed by atoms with Gasteiger partial charge in [0.15, 0.2) is 0 Å². The maximum atomic E-state index is 12.9. The maximum absolute atomic E-state index is 12.9. The molecule has 1 saturated heterocycles. The first kappa shape index (κ1) is 15.7. The number of sulfonamides is 1. The molecular formula is C10H13Cl2FN2O2S. The molecule has 1 aliphatic rings. The minimum Gasteiger partial charge on any atom is -0.313 e. The smallest absolute Gasteiger partial charge is 0.244 e. The number of likely N-dealkylation sites (N-methyl/N-ethyl adjacent to an activating group) is 1. The number of hydrogen-bond acceptors (Lipinski definition) is 3. The van der Waals surface area contributed by atoms with E-state index >= 15 is 0 Å². The molecule has 0 aliphatic carbocycles. The Morgan fingerprint density at radius 1 is 1.44 bits per heavy atom. The van der Waals surface area contributed by atoms with Crippen LogP contribution in [-0.4, -0.2) is 38.9 Å². The van der Waals surface area contributed by atoms with Crippen molar-refractivity contribution in [3.05, 3.63) is 29.0 Å². The quantitative estimate of drug-likeness (QED) is 0.919. The molecule has 0 amide bonds. The predicted octanol–water partition coefficient (Wildman–Crippen LogP) is 1.49. The molecule has 0 unspecified atom stereocenters. The molecule has 1 aromatic rings. The molecule has 0 aromatic heterocycles. The van der Waals surface area contributed by atoms with Gasteiger partial charge in [-0.05, 0) is 18.2 Å². The Bertz CT molecular complexity index is 535. The minimum absolute atomic E-state index is 0. The molecule has 1 N–H and O–H groups in total. The summed E-state index contributed by atoms with van der Waals surface area (Å²) < 4.78 is 38.5. The van der Waals surface area contributed by atoms with E-state index in [0.29, 0.717) is 13.1 Å². The van der Waals surface area contributed by atoms with Gasteiger partial charge in [0.2, 0.25) is 10.0 Å². The van der Waals surface area contributed by atoms with Gasteiger partial charge in [0.05, 0.1) is 5.02 Å². The SMILES string of the molecule is CN(C1CNC1)S(=O)(=O)c1ccc(F)cc1Cl.Cl. The molecule has 18 heavy (non-hydrogen) atoms. The summed E-state index contributed by atoms with van der Waals surface area (Å²) in [6, 6.07) is 3.21. The highest BCUT2D eigenvalue weighted by Gasteiger charge is 2.32. The van der Waals surface area contributed by atoms with Crippen LogP contribution in [0.3, 0.4) is 0 Å². The fourth-order valence-electron chi connectivity index (χ4n) is 1.57. The van der Waals surface area contributed by atoms with Crippen LogP contribution in [0.15, 0.2) is 23.1 Å². The summed E-state index contributed by atoms with van der Waals surface area (Å²) in [4.78, 5) is -0.0602. The predicted molar refractivity (Wildman–Crippen MR) is 70.3 cm³/mol. The van der Waals surface area contributed by atoms with Gasteiger partial charge in [0, 0.05) is 26.2 Å². The lowest BCUT2D eigenvalue weighted by Crippen LogP contribution is -2.57. The summed E-state index contributed by atoms with van der Waals surface area (Å²) in [6.07, 6.45) is 0. The molecule has 0 atom stereocenters. The van der Waals surface area contributed by atoms with E-state index in [4.69, 9.17) is 11.6 Å². The van der Waals surface area contributed by atoms with E-state index in [2.05, 4.69) is 5.32 Å². The van der Waals surface area contributed by atoms with Crippen LogP contribution < -0.4 is 5.32 Å². The third-order valence-corrected chi connectivity index (χ3v) is 5.22. The number of nitrogens with zero attached hydrogens (tertiary/aromatic N) is 1. The van der Waals surface area contributed by atoms with Crippen LogP contribution in [0.2, 0.25) is 5.02 Å². The lowest BCUT2D eigenvalue weighted by atomic mass is 10.2. The van der Waals surface area contributed by atoms with Gasteiger partial charge in [0.1, 0.15) is 10.7 Å². The number of benzene rings is 1. The third kappa shape index (κ3) is 2.78. The van der Waals surface area contributed by atoms with Crippen molar-refractivity contribution in [3.8, 4) is 0 Å². The Balaban J connectivity index is 0.00000162. The van der Waals surface area contributed by atoms with E-state index in [-0.39, 0.29) is 28.4 Å². The van der Waals surface area contributed by atoms with Gasteiger partial charge in [-0.2, -0.15) is 4.31 Å². The first-order chi connectivity index (χ1) is 7.93. The van der Waals surface area contributed by atoms with Crippen LogP contribution in [0.5, 0.6) is 0 Å². The summed E-state index contributed by atoms with van der Waals surface area (Å²) in [5, 5.41) is 2.90. The molecule has 0 saturated carbocycles. The van der Waals surface area contributed by atoms with Crippen LogP contribution in [0.4, 0.5) is 4.39 Å². The third-order valence-electron chi connectivity index (χ3n) is 2.83. The van der Waals surface area contributed by atoms with Gasteiger partial charge >= 0.3 is 0 Å². The second-order valence-corrected chi connectivity index (χ2v) is 6.28. The minimum atomic E-state index is -3.65. The molecule has 8 heteroatoms. The van der Waals surface area contributed by atoms with E-state index < -0.39 is 15.8 Å². The van der Waals surface area contributed by atoms with E-state index in [9.17, 15) is 12.8 Å². The van der Waals surface area contributed by atoms with Crippen molar-refractivity contribution in [2.24, 2.45) is 0 Å². The molecule has 0 spiro atoms. The van der Waals surface area contributed by atoms with Gasteiger partial charge in [-0.25, -0.2) is 12.8 Å². The molecular weight excluding hydrogens is 302 g/mol. The standard InChI is InChI=1S/C10H12ClFN2O2S.ClH/c1-14(8-5-13-6-8)17(15,16)10-3-2-7(12)4-9(10)11;/h2-4,8,13H,5-6H2,1H3;1H. The molecule has 1 aromatic carbocycles. The van der Waals surface area contributed by atoms with E-state index in [1.165, 1.54) is 17.4 Å². The van der Waals surface area contributed by atoms with Crippen LogP contribution in [0.25, 0.3) is 0 Å². The Morgan fingerprint density at radius 3 is 2.50 bits per heavy atom. The molecule has 4 nitrogen and oxygen atoms in total. The summed E-state index contributed by atoms with van der Waals surface area (Å²) >= 11 is 5.76. The van der Waals surface area contributed by atoms with Crippen LogP contribution in [0.1, 0.15) is 0 Å². The maximum Gasteiger partial charge on any atom is 0.244 e. The van der Waals surface area contributed by atoms with Crippen LogP contribution in [0, 0.1) is 5.82 Å². The van der Waals surface area contributed by atoms with Crippen LogP contribution >= 0.6 is 24.0 Å². The summed E-state index contributed by atoms with van der Waals surface area (Å²) in [6.45, 7) is 1.24. The molecule has 1 fully saturated rings. The van der Waals surface area contributed by atoms with Crippen molar-refractivity contribution in [1.82, 2.24) is 9.62 Å². The molecule has 1 heterocycles. The van der Waals surface area contributed by atoms with E-state index in [1.54, 1.807) is 0 Å². The second kappa shape index (κ2) is 5.71. The van der Waals surface area contributed by atoms with Crippen molar-refractivity contribution < 1.29 is 12.8 Å². The Morgan fingerprint density at radius 2 is 2.06 bits per heavy atom. The highest BCUT2D eigenvalue weighted by molar-refractivity contribution is 7.89. The van der Waals surface area contributed by atoms with Gasteiger partial charge in [-0.1, -0.05) is 11.6 Å². The van der Waals surface area contributed by atoms with Crippen molar-refractivity contribution in [3.63, 3.8) is 0 Å². The summed E-state index contributed by atoms with van der Waals surface area (Å²) in [7, 11) is -2.15. The monoisotopic (exact) mass is 314 g/mol. The fourth-order valence-corrected chi connectivity index (χ4v) is 3.42. The first-order valence-electron chi connectivity index (χ1n) is 5.07. The second-order valence-electron chi connectivity index (χ2n) is 3.91. The highest BCUT2D eigenvalue weighted by Crippen LogP contribution is 2.26. The lowest BCUT2D eigenvalue weighted by Gasteiger charge is -2.34. The molecule has 2 rings (SSSR count). The van der Waals surface area contributed by atoms with E-state index in [0.717, 1.165) is 12.1 Å². The van der Waals surface area contributed by atoms with Crippen molar-refractivity contribution in [2.75, 3.05) is 20.1 Å². The zero-order valence-electron chi connectivity index (χ0n) is 9.56. The van der Waals surface area contributed by atoms with Gasteiger partial charge in [-0.15, -0.1) is 12.4 Å². The summed E-state index contributed by atoms with van der Waals surface area (Å²) in [5.41, 5.74) is 0. The zero-order valence-corrected chi connectivity index (χ0v) is 11.9. The van der Waals surface area contributed by atoms with Gasteiger partial charge in [-0.3, -0.25) is 0 Å². The number of rotatable bonds is 3. The average molecular weight is 315 g/mol. The van der Waals surface area contributed by atoms with Crippen molar-refractivity contribution in [1.29, 1.82) is 0 Å². The molecule has 0 bridgehead atoms. The first-order valence-corrected chi connectivity index (χ1v) is 6.88. The van der Waals surface area contributed by atoms with Gasteiger partial charge < -0.3 is 5.32 Å². The molecule has 102 valence electrons. The highest BCUT2D eigenvalue weighted by atomic mass is 35.5. The lowest BCUT2D eigenvalue weighted by molar-refractivity contribution is 0.274. The normalized spacial score (nSPS) is 16.2. The largest absolute Gasteiger partial charge is 0.313 e. The molecule has 1 aliphatic heterocycles. The Hall–Kier alpha value is -0.400. The molecule has 0 radical (unpaired) electrons. The number of halogens is 3. The average Bonchev–Trinajstić information content (AvgIpc) is 2.13. The Kier molecular flexibility index (Phi) is 4.97. The number of nitrogens with one attached hydrogen (secondary N) is 1.